The highest BCUT2D eigenvalue weighted by Gasteiger charge is 2.32. The number of nitrogens with one attached hydrogen (secondary N) is 1. The van der Waals surface area contributed by atoms with E-state index in [9.17, 15) is 31.1 Å². The van der Waals surface area contributed by atoms with Crippen LogP contribution in [0.15, 0.2) is 73.1 Å². The Hall–Kier alpha value is -3.82. The molecular weight excluding hydrogens is 484 g/mol. The van der Waals surface area contributed by atoms with E-state index in [0.29, 0.717) is 11.3 Å². The molecular formula is C26H21F6N3O. The molecule has 0 radical (unpaired) electrons. The smallest absolute Gasteiger partial charge is 0.352 e. The van der Waals surface area contributed by atoms with Crippen LogP contribution in [-0.4, -0.2) is 15.3 Å². The summed E-state index contributed by atoms with van der Waals surface area (Å²) in [5.74, 6) is -1.32. The lowest BCUT2D eigenvalue weighted by molar-refractivity contribution is -0.138. The van der Waals surface area contributed by atoms with Crippen LogP contribution < -0.4 is 5.32 Å². The topological polar surface area (TPSA) is 46.4 Å². The van der Waals surface area contributed by atoms with Crippen molar-refractivity contribution in [3.05, 3.63) is 107 Å². The Labute approximate surface area is 202 Å². The standard InChI is InChI=1S/C26H21F6N3O/c1-16-5-4-10-35-22(15-34-24(16)35)21(18-7-3-9-20(12-18)26(30,31)32)13-23(36)33-14-17-6-2-8-19(11-17)25(27,28)29/h2-12,15,21H,13-14H2,1H3,(H,33,36). The Morgan fingerprint density at radius 2 is 1.61 bits per heavy atom. The van der Waals surface area contributed by atoms with Gasteiger partial charge in [-0.2, -0.15) is 26.3 Å². The maximum Gasteiger partial charge on any atom is 0.416 e. The number of pyridine rings is 1. The minimum absolute atomic E-state index is 0.162. The van der Waals surface area contributed by atoms with E-state index in [0.717, 1.165) is 29.8 Å². The monoisotopic (exact) mass is 505 g/mol. The Morgan fingerprint density at radius 3 is 2.31 bits per heavy atom. The molecule has 1 amide bonds. The molecule has 2 heterocycles. The second-order valence-electron chi connectivity index (χ2n) is 8.42. The first-order valence-electron chi connectivity index (χ1n) is 11.0. The van der Waals surface area contributed by atoms with Crippen LogP contribution in [0.3, 0.4) is 0 Å². The molecule has 36 heavy (non-hydrogen) atoms. The first kappa shape index (κ1) is 25.3. The van der Waals surface area contributed by atoms with Crippen LogP contribution in [0.4, 0.5) is 26.3 Å². The predicted octanol–water partition coefficient (Wildman–Crippen LogP) is 6.52. The quantitative estimate of drug-likeness (QED) is 0.304. The molecule has 0 aliphatic carbocycles. The summed E-state index contributed by atoms with van der Waals surface area (Å²) in [5, 5.41) is 2.59. The van der Waals surface area contributed by atoms with Crippen LogP contribution in [0, 0.1) is 6.92 Å². The zero-order valence-corrected chi connectivity index (χ0v) is 19.0. The number of carbonyl (C=O) groups excluding carboxylic acids is 1. The van der Waals surface area contributed by atoms with Crippen molar-refractivity contribution in [2.75, 3.05) is 0 Å². The largest absolute Gasteiger partial charge is 0.416 e. The van der Waals surface area contributed by atoms with E-state index in [4.69, 9.17) is 0 Å². The lowest BCUT2D eigenvalue weighted by Crippen LogP contribution is -2.25. The third-order valence-electron chi connectivity index (χ3n) is 5.87. The number of nitrogens with zero attached hydrogens (tertiary/aromatic N) is 2. The number of fused-ring (bicyclic) bond motifs is 1. The third kappa shape index (κ3) is 5.53. The van der Waals surface area contributed by atoms with Gasteiger partial charge in [-0.1, -0.05) is 36.4 Å². The zero-order chi connectivity index (χ0) is 26.1. The van der Waals surface area contributed by atoms with E-state index in [1.54, 1.807) is 16.7 Å². The number of alkyl halides is 6. The maximum atomic E-state index is 13.4. The molecule has 10 heteroatoms. The van der Waals surface area contributed by atoms with Crippen molar-refractivity contribution >= 4 is 11.6 Å². The van der Waals surface area contributed by atoms with Crippen molar-refractivity contribution in [2.45, 2.75) is 38.2 Å². The summed E-state index contributed by atoms with van der Waals surface area (Å²) in [6, 6.07) is 12.9. The second-order valence-corrected chi connectivity index (χ2v) is 8.42. The number of hydrogen-bond donors (Lipinski definition) is 1. The fraction of sp³-hybridized carbons (Fsp3) is 0.231. The van der Waals surface area contributed by atoms with Gasteiger partial charge in [0.25, 0.3) is 0 Å². The average Bonchev–Trinajstić information content (AvgIpc) is 3.26. The highest BCUT2D eigenvalue weighted by Crippen LogP contribution is 2.35. The van der Waals surface area contributed by atoms with Gasteiger partial charge in [-0.15, -0.1) is 0 Å². The van der Waals surface area contributed by atoms with Gasteiger partial charge in [0.1, 0.15) is 5.65 Å². The number of rotatable bonds is 6. The first-order valence-corrected chi connectivity index (χ1v) is 11.0. The second kappa shape index (κ2) is 9.67. The Kier molecular flexibility index (Phi) is 6.79. The molecule has 0 aliphatic heterocycles. The number of amides is 1. The summed E-state index contributed by atoms with van der Waals surface area (Å²) >= 11 is 0. The van der Waals surface area contributed by atoms with E-state index in [1.807, 2.05) is 13.0 Å². The van der Waals surface area contributed by atoms with Gasteiger partial charge in [0, 0.05) is 31.3 Å². The molecule has 4 rings (SSSR count). The molecule has 2 aromatic carbocycles. The summed E-state index contributed by atoms with van der Waals surface area (Å²) < 4.78 is 80.8. The van der Waals surface area contributed by atoms with E-state index in [-0.39, 0.29) is 24.1 Å². The van der Waals surface area contributed by atoms with Crippen molar-refractivity contribution in [1.82, 2.24) is 14.7 Å². The first-order chi connectivity index (χ1) is 16.9. The highest BCUT2D eigenvalue weighted by molar-refractivity contribution is 5.77. The molecule has 0 spiro atoms. The van der Waals surface area contributed by atoms with E-state index < -0.39 is 35.3 Å². The molecule has 1 N–H and O–H groups in total. The SMILES string of the molecule is Cc1cccn2c(C(CC(=O)NCc3cccc(C(F)(F)F)c3)c3cccc(C(F)(F)F)c3)cnc12. The molecule has 0 saturated heterocycles. The van der Waals surface area contributed by atoms with Gasteiger partial charge >= 0.3 is 12.4 Å². The van der Waals surface area contributed by atoms with E-state index in [2.05, 4.69) is 10.3 Å². The molecule has 0 saturated carbocycles. The number of imidazole rings is 1. The Morgan fingerprint density at radius 1 is 0.944 bits per heavy atom. The van der Waals surface area contributed by atoms with Gasteiger partial charge in [-0.25, -0.2) is 4.98 Å². The molecule has 0 fully saturated rings. The summed E-state index contributed by atoms with van der Waals surface area (Å²) in [6.45, 7) is 1.68. The molecule has 0 aliphatic rings. The van der Waals surface area contributed by atoms with Crippen molar-refractivity contribution in [1.29, 1.82) is 0 Å². The molecule has 1 atom stereocenters. The van der Waals surface area contributed by atoms with Crippen LogP contribution in [0.25, 0.3) is 5.65 Å². The van der Waals surface area contributed by atoms with Crippen LogP contribution in [0.5, 0.6) is 0 Å². The van der Waals surface area contributed by atoms with Crippen molar-refractivity contribution in [2.24, 2.45) is 0 Å². The van der Waals surface area contributed by atoms with Gasteiger partial charge in [-0.05, 0) is 47.9 Å². The number of aryl methyl sites for hydroxylation is 1. The number of aromatic nitrogens is 2. The normalized spacial score (nSPS) is 13.1. The minimum Gasteiger partial charge on any atom is -0.352 e. The lowest BCUT2D eigenvalue weighted by Gasteiger charge is -2.19. The molecule has 2 aromatic heterocycles. The van der Waals surface area contributed by atoms with Gasteiger partial charge in [-0.3, -0.25) is 4.79 Å². The van der Waals surface area contributed by atoms with Crippen molar-refractivity contribution < 1.29 is 31.1 Å². The number of hydrogen-bond acceptors (Lipinski definition) is 2. The number of halogens is 6. The van der Waals surface area contributed by atoms with Crippen molar-refractivity contribution in [3.8, 4) is 0 Å². The molecule has 4 nitrogen and oxygen atoms in total. The molecule has 0 bridgehead atoms. The van der Waals surface area contributed by atoms with Gasteiger partial charge in [0.15, 0.2) is 0 Å². The predicted molar refractivity (Wildman–Crippen MR) is 121 cm³/mol. The minimum atomic E-state index is -4.57. The van der Waals surface area contributed by atoms with Gasteiger partial charge in [0.05, 0.1) is 16.8 Å². The van der Waals surface area contributed by atoms with Crippen LogP contribution >= 0.6 is 0 Å². The van der Waals surface area contributed by atoms with Crippen LogP contribution in [0.1, 0.15) is 45.8 Å². The number of benzene rings is 2. The van der Waals surface area contributed by atoms with Crippen LogP contribution in [-0.2, 0) is 23.7 Å². The van der Waals surface area contributed by atoms with E-state index in [1.165, 1.54) is 30.5 Å². The Bertz CT molecular complexity index is 1390. The fourth-order valence-electron chi connectivity index (χ4n) is 4.07. The number of carbonyl (C=O) groups is 1. The molecule has 188 valence electrons. The summed E-state index contributed by atoms with van der Waals surface area (Å²) in [7, 11) is 0. The van der Waals surface area contributed by atoms with Gasteiger partial charge < -0.3 is 9.72 Å². The highest BCUT2D eigenvalue weighted by atomic mass is 19.4. The Balaban J connectivity index is 1.63. The van der Waals surface area contributed by atoms with Crippen molar-refractivity contribution in [3.63, 3.8) is 0 Å². The summed E-state index contributed by atoms with van der Waals surface area (Å²) in [4.78, 5) is 17.2. The zero-order valence-electron chi connectivity index (χ0n) is 19.0. The van der Waals surface area contributed by atoms with Crippen LogP contribution in [0.2, 0.25) is 0 Å². The molecule has 1 unspecified atom stereocenters. The lowest BCUT2D eigenvalue weighted by atomic mass is 9.91. The fourth-order valence-corrected chi connectivity index (χ4v) is 4.07. The maximum absolute atomic E-state index is 13.4. The summed E-state index contributed by atoms with van der Waals surface area (Å²) in [5.41, 5.74) is 0.801. The third-order valence-corrected chi connectivity index (χ3v) is 5.87. The summed E-state index contributed by atoms with van der Waals surface area (Å²) in [6.07, 6.45) is -6.08. The van der Waals surface area contributed by atoms with Gasteiger partial charge in [0.2, 0.25) is 5.91 Å². The van der Waals surface area contributed by atoms with E-state index >= 15 is 0 Å². The average molecular weight is 505 g/mol. The molecule has 4 aromatic rings.